The number of halogens is 1. The summed E-state index contributed by atoms with van der Waals surface area (Å²) in [6.07, 6.45) is 0.656. The Kier molecular flexibility index (Phi) is 5.30. The van der Waals surface area contributed by atoms with Gasteiger partial charge in [-0.05, 0) is 42.7 Å². The second-order valence-corrected chi connectivity index (χ2v) is 10.3. The molecule has 0 unspecified atom stereocenters. The van der Waals surface area contributed by atoms with Crippen LogP contribution in [0.1, 0.15) is 11.1 Å². The minimum Gasteiger partial charge on any atom is -0.270 e. The third kappa shape index (κ3) is 3.88. The average molecular weight is 415 g/mol. The second kappa shape index (κ2) is 7.19. The molecule has 2 aromatic carbocycles. The monoisotopic (exact) mass is 414 g/mol. The van der Waals surface area contributed by atoms with Gasteiger partial charge < -0.3 is 0 Å². The number of nitrogens with one attached hydrogen (secondary N) is 1. The summed E-state index contributed by atoms with van der Waals surface area (Å²) in [7, 11) is -7.45. The van der Waals surface area contributed by atoms with Crippen LogP contribution in [0.5, 0.6) is 0 Å². The summed E-state index contributed by atoms with van der Waals surface area (Å²) in [6, 6.07) is 11.9. The zero-order chi connectivity index (χ0) is 18.9. The largest absolute Gasteiger partial charge is 0.270 e. The quantitative estimate of drug-likeness (QED) is 0.786. The molecule has 1 heterocycles. The maximum atomic E-state index is 12.6. The van der Waals surface area contributed by atoms with Gasteiger partial charge in [0.2, 0.25) is 20.0 Å². The fourth-order valence-electron chi connectivity index (χ4n) is 2.95. The van der Waals surface area contributed by atoms with Crippen molar-refractivity contribution in [2.75, 3.05) is 23.1 Å². The van der Waals surface area contributed by atoms with Crippen LogP contribution in [0, 0.1) is 6.92 Å². The van der Waals surface area contributed by atoms with Crippen LogP contribution < -0.4 is 9.03 Å². The van der Waals surface area contributed by atoms with Gasteiger partial charge in [-0.1, -0.05) is 35.9 Å². The van der Waals surface area contributed by atoms with Gasteiger partial charge in [0, 0.05) is 18.1 Å². The van der Waals surface area contributed by atoms with E-state index < -0.39 is 20.0 Å². The normalized spacial score (nSPS) is 14.5. The van der Waals surface area contributed by atoms with E-state index in [1.54, 1.807) is 31.2 Å². The summed E-state index contributed by atoms with van der Waals surface area (Å²) in [4.78, 5) is 0.0499. The zero-order valence-corrected chi connectivity index (χ0v) is 16.5. The molecule has 0 spiro atoms. The zero-order valence-electron chi connectivity index (χ0n) is 14.1. The molecule has 1 N–H and O–H groups in total. The lowest BCUT2D eigenvalue weighted by molar-refractivity contribution is 0.579. The number of rotatable bonds is 6. The summed E-state index contributed by atoms with van der Waals surface area (Å²) >= 11 is 5.87. The Morgan fingerprint density at radius 1 is 1.12 bits per heavy atom. The lowest BCUT2D eigenvalue weighted by Crippen LogP contribution is -2.37. The van der Waals surface area contributed by atoms with E-state index in [0.29, 0.717) is 29.2 Å². The third-order valence-corrected chi connectivity index (χ3v) is 7.88. The molecule has 2 aromatic rings. The third-order valence-electron chi connectivity index (χ3n) is 4.27. The Balaban J connectivity index is 1.70. The molecule has 26 heavy (non-hydrogen) atoms. The van der Waals surface area contributed by atoms with Crippen molar-refractivity contribution in [1.82, 2.24) is 4.72 Å². The summed E-state index contributed by atoms with van der Waals surface area (Å²) < 4.78 is 53.8. The molecular formula is C17H19ClN2O4S2. The topological polar surface area (TPSA) is 83.5 Å². The number of sulfonamides is 2. The number of benzene rings is 2. The first kappa shape index (κ1) is 19.2. The predicted molar refractivity (Wildman–Crippen MR) is 103 cm³/mol. The SMILES string of the molecule is Cc1ccc(Cl)cc1S(=O)(=O)NCCS(=O)(=O)N1CCc2ccccc21. The fraction of sp³-hybridized carbons (Fsp3) is 0.294. The van der Waals surface area contributed by atoms with E-state index in [1.807, 2.05) is 12.1 Å². The smallest absolute Gasteiger partial charge is 0.240 e. The Bertz CT molecular complexity index is 1040. The molecule has 3 rings (SSSR count). The minimum absolute atomic E-state index is 0.0499. The van der Waals surface area contributed by atoms with Gasteiger partial charge in [0.15, 0.2) is 0 Å². The maximum absolute atomic E-state index is 12.6. The summed E-state index contributed by atoms with van der Waals surface area (Å²) in [5.74, 6) is -0.319. The van der Waals surface area contributed by atoms with E-state index in [4.69, 9.17) is 11.6 Å². The van der Waals surface area contributed by atoms with Crippen LogP contribution in [0.2, 0.25) is 5.02 Å². The molecule has 1 aliphatic rings. The number of hydrogen-bond donors (Lipinski definition) is 1. The standard InChI is InChI=1S/C17H19ClN2O4S2/c1-13-6-7-15(18)12-17(13)26(23,24)19-9-11-25(21,22)20-10-8-14-4-2-3-5-16(14)20/h2-7,12,19H,8-11H2,1H3. The van der Waals surface area contributed by atoms with E-state index in [-0.39, 0.29) is 17.2 Å². The molecule has 0 fully saturated rings. The van der Waals surface area contributed by atoms with E-state index in [2.05, 4.69) is 4.72 Å². The fourth-order valence-corrected chi connectivity index (χ4v) is 6.05. The molecule has 9 heteroatoms. The highest BCUT2D eigenvalue weighted by atomic mass is 35.5. The number of aryl methyl sites for hydroxylation is 1. The van der Waals surface area contributed by atoms with E-state index in [1.165, 1.54) is 10.4 Å². The van der Waals surface area contributed by atoms with Crippen molar-refractivity contribution in [3.05, 3.63) is 58.6 Å². The second-order valence-electron chi connectivity index (χ2n) is 6.07. The van der Waals surface area contributed by atoms with Crippen molar-refractivity contribution in [3.8, 4) is 0 Å². The maximum Gasteiger partial charge on any atom is 0.240 e. The lowest BCUT2D eigenvalue weighted by Gasteiger charge is -2.19. The highest BCUT2D eigenvalue weighted by Crippen LogP contribution is 2.30. The van der Waals surface area contributed by atoms with Crippen molar-refractivity contribution >= 4 is 37.3 Å². The number of para-hydroxylation sites is 1. The predicted octanol–water partition coefficient (Wildman–Crippen LogP) is 2.32. The highest BCUT2D eigenvalue weighted by Gasteiger charge is 2.29. The Morgan fingerprint density at radius 3 is 2.62 bits per heavy atom. The van der Waals surface area contributed by atoms with E-state index >= 15 is 0 Å². The highest BCUT2D eigenvalue weighted by molar-refractivity contribution is 7.93. The van der Waals surface area contributed by atoms with Gasteiger partial charge in [-0.15, -0.1) is 0 Å². The van der Waals surface area contributed by atoms with Crippen molar-refractivity contribution in [3.63, 3.8) is 0 Å². The molecule has 0 aromatic heterocycles. The van der Waals surface area contributed by atoms with Gasteiger partial charge in [0.1, 0.15) is 0 Å². The lowest BCUT2D eigenvalue weighted by atomic mass is 10.2. The Hall–Kier alpha value is -1.61. The Morgan fingerprint density at radius 2 is 1.85 bits per heavy atom. The Labute approximate surface area is 158 Å². The van der Waals surface area contributed by atoms with Gasteiger partial charge in [-0.2, -0.15) is 0 Å². The van der Waals surface area contributed by atoms with Crippen LogP contribution in [0.15, 0.2) is 47.4 Å². The average Bonchev–Trinajstić information content (AvgIpc) is 3.01. The molecule has 0 radical (unpaired) electrons. The molecule has 140 valence electrons. The van der Waals surface area contributed by atoms with Crippen molar-refractivity contribution < 1.29 is 16.8 Å². The molecule has 0 saturated heterocycles. The number of anilines is 1. The molecule has 0 atom stereocenters. The van der Waals surface area contributed by atoms with Crippen LogP contribution in [-0.4, -0.2) is 35.7 Å². The van der Waals surface area contributed by atoms with Crippen LogP contribution in [0.3, 0.4) is 0 Å². The molecular weight excluding hydrogens is 396 g/mol. The first-order valence-electron chi connectivity index (χ1n) is 8.05. The van der Waals surface area contributed by atoms with Gasteiger partial charge in [-0.3, -0.25) is 4.31 Å². The van der Waals surface area contributed by atoms with Gasteiger partial charge in [-0.25, -0.2) is 21.6 Å². The molecule has 0 aliphatic carbocycles. The molecule has 0 amide bonds. The summed E-state index contributed by atoms with van der Waals surface area (Å²) in [5.41, 5.74) is 2.19. The van der Waals surface area contributed by atoms with E-state index in [0.717, 1.165) is 5.56 Å². The number of fused-ring (bicyclic) bond motifs is 1. The summed E-state index contributed by atoms with van der Waals surface area (Å²) in [5, 5.41) is 0.303. The molecule has 1 aliphatic heterocycles. The first-order chi connectivity index (χ1) is 12.2. The minimum atomic E-state index is -3.84. The van der Waals surface area contributed by atoms with Crippen molar-refractivity contribution in [2.45, 2.75) is 18.2 Å². The van der Waals surface area contributed by atoms with E-state index in [9.17, 15) is 16.8 Å². The molecule has 0 saturated carbocycles. The van der Waals surface area contributed by atoms with Gasteiger partial charge in [0.25, 0.3) is 0 Å². The van der Waals surface area contributed by atoms with Gasteiger partial charge >= 0.3 is 0 Å². The van der Waals surface area contributed by atoms with Crippen LogP contribution in [0.4, 0.5) is 5.69 Å². The van der Waals surface area contributed by atoms with Crippen LogP contribution in [-0.2, 0) is 26.5 Å². The van der Waals surface area contributed by atoms with Gasteiger partial charge in [0.05, 0.1) is 16.3 Å². The van der Waals surface area contributed by atoms with Crippen LogP contribution in [0.25, 0.3) is 0 Å². The number of nitrogens with zero attached hydrogens (tertiary/aromatic N) is 1. The van der Waals surface area contributed by atoms with Crippen LogP contribution >= 0.6 is 11.6 Å². The first-order valence-corrected chi connectivity index (χ1v) is 11.5. The number of hydrogen-bond acceptors (Lipinski definition) is 4. The molecule has 6 nitrogen and oxygen atoms in total. The molecule has 0 bridgehead atoms. The van der Waals surface area contributed by atoms with Crippen molar-refractivity contribution in [1.29, 1.82) is 0 Å². The van der Waals surface area contributed by atoms with Crippen molar-refractivity contribution in [2.24, 2.45) is 0 Å². The summed E-state index contributed by atoms with van der Waals surface area (Å²) in [6.45, 7) is 1.82.